The Morgan fingerprint density at radius 2 is 1.76 bits per heavy atom. The number of aromatic amines is 1. The molecule has 1 atom stereocenters. The number of H-pyrrole nitrogens is 1. The van der Waals surface area contributed by atoms with Gasteiger partial charge in [-0.1, -0.05) is 49.1 Å². The third-order valence-electron chi connectivity index (χ3n) is 5.23. The van der Waals surface area contributed by atoms with Crippen LogP contribution in [-0.4, -0.2) is 42.3 Å². The van der Waals surface area contributed by atoms with Crippen LogP contribution in [0.3, 0.4) is 0 Å². The van der Waals surface area contributed by atoms with E-state index in [1.165, 1.54) is 5.19 Å². The monoisotopic (exact) mass is 466 g/mol. The second-order valence-corrected chi connectivity index (χ2v) is 13.9. The SMILES string of the molecule is COc1ccc(C(NC(=O)Cc2cc(CO)n[nH]2)C(=O)Nc2ccc([Si](C)(C)C)cc2)cc1. The van der Waals surface area contributed by atoms with Gasteiger partial charge in [-0.3, -0.25) is 14.7 Å². The van der Waals surface area contributed by atoms with Crippen LogP contribution in [0, 0.1) is 0 Å². The lowest BCUT2D eigenvalue weighted by Crippen LogP contribution is -2.38. The van der Waals surface area contributed by atoms with Crippen molar-refractivity contribution in [1.82, 2.24) is 15.5 Å². The van der Waals surface area contributed by atoms with Gasteiger partial charge in [0.25, 0.3) is 5.91 Å². The minimum atomic E-state index is -1.45. The summed E-state index contributed by atoms with van der Waals surface area (Å²) in [5.41, 5.74) is 2.29. The second kappa shape index (κ2) is 10.5. The molecule has 1 aromatic heterocycles. The highest BCUT2D eigenvalue weighted by atomic mass is 28.3. The molecule has 3 rings (SSSR count). The van der Waals surface area contributed by atoms with Crippen LogP contribution in [0.25, 0.3) is 0 Å². The molecule has 3 aromatic rings. The summed E-state index contributed by atoms with van der Waals surface area (Å²) in [6, 6.07) is 15.6. The van der Waals surface area contributed by atoms with E-state index in [-0.39, 0.29) is 24.8 Å². The van der Waals surface area contributed by atoms with Crippen molar-refractivity contribution in [2.45, 2.75) is 38.7 Å². The fraction of sp³-hybridized carbons (Fsp3) is 0.292. The highest BCUT2D eigenvalue weighted by Crippen LogP contribution is 2.20. The number of amides is 2. The molecular weight excluding hydrogens is 436 g/mol. The maximum Gasteiger partial charge on any atom is 0.251 e. The van der Waals surface area contributed by atoms with E-state index in [2.05, 4.69) is 40.5 Å². The molecule has 0 aliphatic carbocycles. The zero-order chi connectivity index (χ0) is 24.0. The summed E-state index contributed by atoms with van der Waals surface area (Å²) in [7, 11) is 0.120. The number of ether oxygens (including phenoxy) is 1. The maximum atomic E-state index is 13.2. The number of carbonyl (C=O) groups excluding carboxylic acids is 2. The molecule has 1 unspecified atom stereocenters. The van der Waals surface area contributed by atoms with Crippen molar-refractivity contribution in [3.8, 4) is 5.75 Å². The molecule has 33 heavy (non-hydrogen) atoms. The number of hydrogen-bond acceptors (Lipinski definition) is 5. The lowest BCUT2D eigenvalue weighted by molar-refractivity contribution is -0.126. The second-order valence-electron chi connectivity index (χ2n) is 8.81. The molecule has 0 aliphatic heterocycles. The number of nitrogens with one attached hydrogen (secondary N) is 3. The number of aliphatic hydroxyl groups excluding tert-OH is 1. The van der Waals surface area contributed by atoms with Gasteiger partial charge < -0.3 is 20.5 Å². The third kappa shape index (κ3) is 6.53. The molecule has 1 heterocycles. The lowest BCUT2D eigenvalue weighted by Gasteiger charge is -2.20. The maximum absolute atomic E-state index is 13.2. The Morgan fingerprint density at radius 3 is 2.30 bits per heavy atom. The summed E-state index contributed by atoms with van der Waals surface area (Å²) >= 11 is 0. The summed E-state index contributed by atoms with van der Waals surface area (Å²) in [5, 5.41) is 22.8. The van der Waals surface area contributed by atoms with Crippen LogP contribution in [0.5, 0.6) is 5.75 Å². The van der Waals surface area contributed by atoms with Crippen molar-refractivity contribution in [2.24, 2.45) is 0 Å². The number of nitrogens with zero attached hydrogens (tertiary/aromatic N) is 1. The molecule has 2 aromatic carbocycles. The first-order valence-electron chi connectivity index (χ1n) is 10.7. The van der Waals surface area contributed by atoms with Gasteiger partial charge in [0.2, 0.25) is 5.91 Å². The highest BCUT2D eigenvalue weighted by molar-refractivity contribution is 6.88. The predicted octanol–water partition coefficient (Wildman–Crippen LogP) is 2.49. The normalized spacial score (nSPS) is 12.2. The van der Waals surface area contributed by atoms with Crippen LogP contribution < -0.4 is 20.6 Å². The van der Waals surface area contributed by atoms with E-state index >= 15 is 0 Å². The number of anilines is 1. The Bertz CT molecular complexity index is 1090. The number of benzene rings is 2. The van der Waals surface area contributed by atoms with Gasteiger partial charge in [-0.15, -0.1) is 0 Å². The van der Waals surface area contributed by atoms with Crippen molar-refractivity contribution >= 4 is 30.8 Å². The Morgan fingerprint density at radius 1 is 1.09 bits per heavy atom. The fourth-order valence-electron chi connectivity index (χ4n) is 3.33. The van der Waals surface area contributed by atoms with Gasteiger partial charge in [0.1, 0.15) is 11.8 Å². The zero-order valence-electron chi connectivity index (χ0n) is 19.3. The molecule has 174 valence electrons. The van der Waals surface area contributed by atoms with Crippen LogP contribution >= 0.6 is 0 Å². The number of rotatable bonds is 9. The van der Waals surface area contributed by atoms with E-state index in [1.54, 1.807) is 37.4 Å². The van der Waals surface area contributed by atoms with Crippen molar-refractivity contribution in [1.29, 1.82) is 0 Å². The first kappa shape index (κ1) is 24.2. The standard InChI is InChI=1S/C24H30N4O4Si/c1-32-20-9-5-16(6-10-20)23(26-22(30)14-18-13-19(15-29)28-27-18)24(31)25-17-7-11-21(12-8-17)33(2,3)4/h5-13,23,29H,14-15H2,1-4H3,(H,25,31)(H,26,30)(H,27,28). The average molecular weight is 467 g/mol. The van der Waals surface area contributed by atoms with E-state index < -0.39 is 14.1 Å². The molecule has 2 amide bonds. The molecule has 0 fully saturated rings. The van der Waals surface area contributed by atoms with Crippen LogP contribution in [-0.2, 0) is 22.6 Å². The molecule has 0 bridgehead atoms. The summed E-state index contributed by atoms with van der Waals surface area (Å²) in [6.45, 7) is 6.57. The summed E-state index contributed by atoms with van der Waals surface area (Å²) in [5.74, 6) is -0.0525. The molecule has 0 spiro atoms. The number of carbonyl (C=O) groups is 2. The summed E-state index contributed by atoms with van der Waals surface area (Å²) in [6.07, 6.45) is -0.00214. The highest BCUT2D eigenvalue weighted by Gasteiger charge is 2.24. The molecule has 0 radical (unpaired) electrons. The van der Waals surface area contributed by atoms with Gasteiger partial charge in [-0.2, -0.15) is 5.10 Å². The smallest absolute Gasteiger partial charge is 0.251 e. The Kier molecular flexibility index (Phi) is 7.67. The lowest BCUT2D eigenvalue weighted by atomic mass is 10.1. The third-order valence-corrected chi connectivity index (χ3v) is 7.30. The molecule has 0 aliphatic rings. The number of methoxy groups -OCH3 is 1. The van der Waals surface area contributed by atoms with Crippen molar-refractivity contribution in [3.05, 3.63) is 71.5 Å². The van der Waals surface area contributed by atoms with Gasteiger partial charge in [-0.05, 0) is 35.9 Å². The minimum Gasteiger partial charge on any atom is -0.497 e. The van der Waals surface area contributed by atoms with Crippen molar-refractivity contribution < 1.29 is 19.4 Å². The van der Waals surface area contributed by atoms with Crippen LogP contribution in [0.15, 0.2) is 54.6 Å². The number of aromatic nitrogens is 2. The average Bonchev–Trinajstić information content (AvgIpc) is 3.24. The van der Waals surface area contributed by atoms with E-state index in [1.807, 2.05) is 24.3 Å². The quantitative estimate of drug-likeness (QED) is 0.362. The Balaban J connectivity index is 1.78. The number of hydrogen-bond donors (Lipinski definition) is 4. The molecule has 9 heteroatoms. The Hall–Kier alpha value is -3.43. The van der Waals surface area contributed by atoms with Gasteiger partial charge >= 0.3 is 0 Å². The van der Waals surface area contributed by atoms with E-state index in [0.717, 1.165) is 0 Å². The van der Waals surface area contributed by atoms with E-state index in [4.69, 9.17) is 9.84 Å². The molecule has 4 N–H and O–H groups in total. The summed E-state index contributed by atoms with van der Waals surface area (Å²) < 4.78 is 5.20. The minimum absolute atomic E-state index is 0.00214. The van der Waals surface area contributed by atoms with Gasteiger partial charge in [0.05, 0.1) is 33.9 Å². The van der Waals surface area contributed by atoms with Crippen molar-refractivity contribution in [2.75, 3.05) is 12.4 Å². The van der Waals surface area contributed by atoms with Crippen LogP contribution in [0.4, 0.5) is 5.69 Å². The zero-order valence-corrected chi connectivity index (χ0v) is 20.3. The Labute approximate surface area is 194 Å². The van der Waals surface area contributed by atoms with E-state index in [0.29, 0.717) is 28.4 Å². The molecular formula is C24H30N4O4Si. The van der Waals surface area contributed by atoms with E-state index in [9.17, 15) is 9.59 Å². The number of aliphatic hydroxyl groups is 1. The topological polar surface area (TPSA) is 116 Å². The van der Waals surface area contributed by atoms with Crippen LogP contribution in [0.1, 0.15) is 23.0 Å². The molecule has 0 saturated carbocycles. The molecule has 0 saturated heterocycles. The molecule has 8 nitrogen and oxygen atoms in total. The first-order chi connectivity index (χ1) is 15.7. The van der Waals surface area contributed by atoms with Crippen LogP contribution in [0.2, 0.25) is 19.6 Å². The van der Waals surface area contributed by atoms with Crippen molar-refractivity contribution in [3.63, 3.8) is 0 Å². The first-order valence-corrected chi connectivity index (χ1v) is 14.2. The fourth-order valence-corrected chi connectivity index (χ4v) is 4.50. The summed E-state index contributed by atoms with van der Waals surface area (Å²) in [4.78, 5) is 25.9. The van der Waals surface area contributed by atoms with Gasteiger partial charge in [0.15, 0.2) is 0 Å². The predicted molar refractivity (Wildman–Crippen MR) is 130 cm³/mol. The van der Waals surface area contributed by atoms with Gasteiger partial charge in [-0.25, -0.2) is 0 Å². The van der Waals surface area contributed by atoms with Gasteiger partial charge in [0, 0.05) is 11.4 Å². The largest absolute Gasteiger partial charge is 0.497 e.